The second-order valence-corrected chi connectivity index (χ2v) is 7.45. The first-order valence-electron chi connectivity index (χ1n) is 9.29. The molecule has 0 saturated heterocycles. The standard InChI is InChI=1S/C23H18Cl2N4O/c24-18-8-5-9-19(25)23(18)28-20-10-3-1-6-15(20)12-22(30)29-27-14-16-13-26-21-11-4-2-7-17(16)21/h1-11,13-14,26,28H,12H2,(H,29,30)/b27-14+. The van der Waals surface area contributed by atoms with Crippen LogP contribution in [0.25, 0.3) is 10.9 Å². The van der Waals surface area contributed by atoms with Gasteiger partial charge in [0.05, 0.1) is 28.4 Å². The molecule has 0 saturated carbocycles. The first-order valence-corrected chi connectivity index (χ1v) is 10.0. The van der Waals surface area contributed by atoms with Crippen molar-refractivity contribution < 1.29 is 4.79 Å². The zero-order valence-corrected chi connectivity index (χ0v) is 17.3. The fourth-order valence-electron chi connectivity index (χ4n) is 3.14. The second kappa shape index (κ2) is 9.03. The summed E-state index contributed by atoms with van der Waals surface area (Å²) >= 11 is 12.5. The highest BCUT2D eigenvalue weighted by Crippen LogP contribution is 2.33. The minimum Gasteiger partial charge on any atom is -0.361 e. The fourth-order valence-corrected chi connectivity index (χ4v) is 3.63. The third-order valence-corrected chi connectivity index (χ3v) is 5.23. The number of amides is 1. The van der Waals surface area contributed by atoms with Crippen molar-refractivity contribution in [2.24, 2.45) is 5.10 Å². The first kappa shape index (κ1) is 20.0. The Morgan fingerprint density at radius 2 is 1.70 bits per heavy atom. The van der Waals surface area contributed by atoms with Gasteiger partial charge in [-0.05, 0) is 29.8 Å². The van der Waals surface area contributed by atoms with Gasteiger partial charge in [-0.15, -0.1) is 0 Å². The molecule has 0 spiro atoms. The van der Waals surface area contributed by atoms with Crippen LogP contribution in [-0.2, 0) is 11.2 Å². The average Bonchev–Trinajstić information content (AvgIpc) is 3.15. The summed E-state index contributed by atoms with van der Waals surface area (Å²) in [5.41, 5.74) is 6.66. The highest BCUT2D eigenvalue weighted by atomic mass is 35.5. The molecule has 1 aromatic heterocycles. The van der Waals surface area contributed by atoms with Crippen molar-refractivity contribution in [2.45, 2.75) is 6.42 Å². The van der Waals surface area contributed by atoms with Crippen molar-refractivity contribution in [1.29, 1.82) is 0 Å². The minimum atomic E-state index is -0.231. The Balaban J connectivity index is 1.45. The third-order valence-electron chi connectivity index (χ3n) is 4.60. The molecular weight excluding hydrogens is 419 g/mol. The normalized spacial score (nSPS) is 11.1. The molecule has 0 atom stereocenters. The average molecular weight is 437 g/mol. The van der Waals surface area contributed by atoms with Gasteiger partial charge in [0.2, 0.25) is 5.91 Å². The summed E-state index contributed by atoms with van der Waals surface area (Å²) in [5.74, 6) is -0.231. The summed E-state index contributed by atoms with van der Waals surface area (Å²) in [7, 11) is 0. The summed E-state index contributed by atoms with van der Waals surface area (Å²) in [5, 5.41) is 9.37. The smallest absolute Gasteiger partial charge is 0.244 e. The number of para-hydroxylation sites is 3. The van der Waals surface area contributed by atoms with E-state index in [0.29, 0.717) is 15.7 Å². The number of hydrogen-bond acceptors (Lipinski definition) is 3. The van der Waals surface area contributed by atoms with Crippen LogP contribution in [0.4, 0.5) is 11.4 Å². The summed E-state index contributed by atoms with van der Waals surface area (Å²) in [6, 6.07) is 20.7. The number of nitrogens with one attached hydrogen (secondary N) is 3. The number of hydrogen-bond donors (Lipinski definition) is 3. The molecule has 1 amide bonds. The van der Waals surface area contributed by atoms with Gasteiger partial charge in [-0.2, -0.15) is 5.10 Å². The Bertz CT molecular complexity index is 1210. The first-order chi connectivity index (χ1) is 14.6. The molecule has 4 aromatic rings. The van der Waals surface area contributed by atoms with Crippen LogP contribution in [0, 0.1) is 0 Å². The second-order valence-electron chi connectivity index (χ2n) is 6.64. The van der Waals surface area contributed by atoms with Crippen molar-refractivity contribution in [2.75, 3.05) is 5.32 Å². The maximum Gasteiger partial charge on any atom is 0.244 e. The van der Waals surface area contributed by atoms with Crippen LogP contribution >= 0.6 is 23.2 Å². The number of benzene rings is 3. The van der Waals surface area contributed by atoms with Gasteiger partial charge < -0.3 is 10.3 Å². The predicted molar refractivity (Wildman–Crippen MR) is 124 cm³/mol. The van der Waals surface area contributed by atoms with E-state index < -0.39 is 0 Å². The molecule has 0 aliphatic carbocycles. The molecular formula is C23H18Cl2N4O. The van der Waals surface area contributed by atoms with Gasteiger partial charge in [-0.25, -0.2) is 5.43 Å². The Morgan fingerprint density at radius 3 is 2.53 bits per heavy atom. The van der Waals surface area contributed by atoms with Gasteiger partial charge in [-0.1, -0.05) is 65.7 Å². The molecule has 4 rings (SSSR count). The molecule has 0 fully saturated rings. The van der Waals surface area contributed by atoms with Crippen molar-refractivity contribution in [3.8, 4) is 0 Å². The van der Waals surface area contributed by atoms with Crippen molar-refractivity contribution in [3.05, 3.63) is 94.1 Å². The van der Waals surface area contributed by atoms with E-state index in [1.807, 2.05) is 54.7 Å². The number of nitrogens with zero attached hydrogens (tertiary/aromatic N) is 1. The maximum absolute atomic E-state index is 12.4. The monoisotopic (exact) mass is 436 g/mol. The number of hydrazone groups is 1. The number of rotatable bonds is 6. The predicted octanol–water partition coefficient (Wildman–Crippen LogP) is 5.91. The molecule has 0 radical (unpaired) electrons. The Morgan fingerprint density at radius 1 is 0.967 bits per heavy atom. The van der Waals surface area contributed by atoms with Crippen LogP contribution in [0.5, 0.6) is 0 Å². The van der Waals surface area contributed by atoms with Crippen LogP contribution in [0.2, 0.25) is 10.0 Å². The van der Waals surface area contributed by atoms with E-state index in [2.05, 4.69) is 20.8 Å². The quantitative estimate of drug-likeness (QED) is 0.259. The Kier molecular flexibility index (Phi) is 6.02. The van der Waals surface area contributed by atoms with Crippen molar-refractivity contribution in [3.63, 3.8) is 0 Å². The number of halogens is 2. The van der Waals surface area contributed by atoms with Crippen molar-refractivity contribution in [1.82, 2.24) is 10.4 Å². The molecule has 1 heterocycles. The van der Waals surface area contributed by atoms with Crippen LogP contribution in [0.1, 0.15) is 11.1 Å². The SMILES string of the molecule is O=C(Cc1ccccc1Nc1c(Cl)cccc1Cl)N/N=C/c1c[nH]c2ccccc12. The van der Waals surface area contributed by atoms with E-state index in [4.69, 9.17) is 23.2 Å². The number of aromatic amines is 1. The van der Waals surface area contributed by atoms with Crippen LogP contribution in [0.3, 0.4) is 0 Å². The highest BCUT2D eigenvalue weighted by Gasteiger charge is 2.11. The van der Waals surface area contributed by atoms with E-state index in [-0.39, 0.29) is 12.3 Å². The van der Waals surface area contributed by atoms with E-state index >= 15 is 0 Å². The molecule has 0 aliphatic heterocycles. The molecule has 5 nitrogen and oxygen atoms in total. The van der Waals surface area contributed by atoms with Crippen molar-refractivity contribution >= 4 is 57.6 Å². The molecule has 3 aromatic carbocycles. The van der Waals surface area contributed by atoms with Crippen LogP contribution < -0.4 is 10.7 Å². The van der Waals surface area contributed by atoms with Gasteiger partial charge in [0.1, 0.15) is 0 Å². The highest BCUT2D eigenvalue weighted by molar-refractivity contribution is 6.39. The number of H-pyrrole nitrogens is 1. The lowest BCUT2D eigenvalue weighted by atomic mass is 10.1. The lowest BCUT2D eigenvalue weighted by Crippen LogP contribution is -2.20. The lowest BCUT2D eigenvalue weighted by molar-refractivity contribution is -0.120. The molecule has 0 bridgehead atoms. The van der Waals surface area contributed by atoms with E-state index in [9.17, 15) is 4.79 Å². The molecule has 30 heavy (non-hydrogen) atoms. The minimum absolute atomic E-state index is 0.149. The number of aromatic nitrogens is 1. The van der Waals surface area contributed by atoms with Gasteiger partial charge in [0.25, 0.3) is 0 Å². The molecule has 0 aliphatic rings. The summed E-state index contributed by atoms with van der Waals surface area (Å²) in [6.45, 7) is 0. The zero-order chi connectivity index (χ0) is 20.9. The van der Waals surface area contributed by atoms with Crippen LogP contribution in [0.15, 0.2) is 78.0 Å². The van der Waals surface area contributed by atoms with E-state index in [1.165, 1.54) is 0 Å². The van der Waals surface area contributed by atoms with E-state index in [0.717, 1.165) is 27.7 Å². The Labute approximate surface area is 183 Å². The molecule has 0 unspecified atom stereocenters. The van der Waals surface area contributed by atoms with E-state index in [1.54, 1.807) is 24.4 Å². The number of fused-ring (bicyclic) bond motifs is 1. The molecule has 3 N–H and O–H groups in total. The summed E-state index contributed by atoms with van der Waals surface area (Å²) in [6.07, 6.45) is 3.63. The fraction of sp³-hybridized carbons (Fsp3) is 0.0435. The summed E-state index contributed by atoms with van der Waals surface area (Å²) in [4.78, 5) is 15.6. The van der Waals surface area contributed by atoms with Gasteiger partial charge >= 0.3 is 0 Å². The number of anilines is 2. The lowest BCUT2D eigenvalue weighted by Gasteiger charge is -2.14. The molecule has 7 heteroatoms. The zero-order valence-electron chi connectivity index (χ0n) is 15.8. The maximum atomic E-state index is 12.4. The van der Waals surface area contributed by atoms with Gasteiger partial charge in [-0.3, -0.25) is 4.79 Å². The summed E-state index contributed by atoms with van der Waals surface area (Å²) < 4.78 is 0. The number of carbonyl (C=O) groups excluding carboxylic acids is 1. The van der Waals surface area contributed by atoms with Crippen LogP contribution in [-0.4, -0.2) is 17.1 Å². The largest absolute Gasteiger partial charge is 0.361 e. The number of carbonyl (C=O) groups is 1. The Hall–Kier alpha value is -3.28. The topological polar surface area (TPSA) is 69.3 Å². The molecule has 150 valence electrons. The van der Waals surface area contributed by atoms with Gasteiger partial charge in [0.15, 0.2) is 0 Å². The van der Waals surface area contributed by atoms with Gasteiger partial charge in [0, 0.05) is 28.4 Å². The third kappa shape index (κ3) is 4.48.